The van der Waals surface area contributed by atoms with E-state index >= 15 is 0 Å². The van der Waals surface area contributed by atoms with Crippen molar-refractivity contribution in [3.05, 3.63) is 24.3 Å². The Balaban J connectivity index is 2.82. The van der Waals surface area contributed by atoms with Crippen LogP contribution in [0.25, 0.3) is 0 Å². The van der Waals surface area contributed by atoms with Crippen LogP contribution in [-0.2, 0) is 0 Å². The average molecular weight is 279 g/mol. The predicted octanol–water partition coefficient (Wildman–Crippen LogP) is 3.46. The first kappa shape index (κ1) is 15.2. The van der Waals surface area contributed by atoms with Crippen LogP contribution in [0.15, 0.2) is 29.2 Å². The standard InChI is InChI=1S/C12H16F3NOS/c1-3-10(16)11(12(13,14)15)17-8-4-6-9(18-2)7-5-8/h4-7,10-11H,3,16H2,1-2H3. The zero-order chi connectivity index (χ0) is 13.8. The fourth-order valence-electron chi connectivity index (χ4n) is 1.41. The van der Waals surface area contributed by atoms with Crippen molar-refractivity contribution < 1.29 is 17.9 Å². The zero-order valence-electron chi connectivity index (χ0n) is 10.2. The monoisotopic (exact) mass is 279 g/mol. The first-order valence-electron chi connectivity index (χ1n) is 5.51. The Kier molecular flexibility index (Phi) is 5.34. The van der Waals surface area contributed by atoms with Gasteiger partial charge in [-0.3, -0.25) is 0 Å². The first-order valence-corrected chi connectivity index (χ1v) is 6.74. The fraction of sp³-hybridized carbons (Fsp3) is 0.500. The molecule has 0 spiro atoms. The van der Waals surface area contributed by atoms with Gasteiger partial charge in [0.2, 0.25) is 6.10 Å². The van der Waals surface area contributed by atoms with Crippen LogP contribution in [-0.4, -0.2) is 24.6 Å². The second kappa shape index (κ2) is 6.33. The molecule has 0 radical (unpaired) electrons. The van der Waals surface area contributed by atoms with E-state index in [0.717, 1.165) is 4.90 Å². The van der Waals surface area contributed by atoms with Crippen molar-refractivity contribution in [2.45, 2.75) is 36.6 Å². The Morgan fingerprint density at radius 3 is 2.22 bits per heavy atom. The summed E-state index contributed by atoms with van der Waals surface area (Å²) in [6.07, 6.45) is -4.34. The van der Waals surface area contributed by atoms with Gasteiger partial charge in [-0.05, 0) is 36.9 Å². The summed E-state index contributed by atoms with van der Waals surface area (Å²) in [6, 6.07) is 5.40. The smallest absolute Gasteiger partial charge is 0.426 e. The number of hydrogen-bond donors (Lipinski definition) is 1. The quantitative estimate of drug-likeness (QED) is 0.838. The molecule has 0 aromatic heterocycles. The minimum Gasteiger partial charge on any atom is -0.479 e. The third-order valence-corrected chi connectivity index (χ3v) is 3.25. The SMILES string of the molecule is CCC(N)C(Oc1ccc(SC)cc1)C(F)(F)F. The van der Waals surface area contributed by atoms with E-state index < -0.39 is 18.3 Å². The van der Waals surface area contributed by atoms with Crippen LogP contribution in [0.1, 0.15) is 13.3 Å². The van der Waals surface area contributed by atoms with Crippen molar-refractivity contribution in [1.82, 2.24) is 0 Å². The molecule has 2 atom stereocenters. The first-order chi connectivity index (χ1) is 8.38. The molecule has 0 saturated heterocycles. The molecule has 0 amide bonds. The molecule has 0 fully saturated rings. The highest BCUT2D eigenvalue weighted by molar-refractivity contribution is 7.98. The van der Waals surface area contributed by atoms with E-state index in [9.17, 15) is 13.2 Å². The van der Waals surface area contributed by atoms with E-state index in [1.165, 1.54) is 23.9 Å². The molecular formula is C12H16F3NOS. The third-order valence-electron chi connectivity index (χ3n) is 2.51. The Hall–Kier alpha value is -0.880. The highest BCUT2D eigenvalue weighted by Gasteiger charge is 2.45. The number of ether oxygens (including phenoxy) is 1. The molecule has 1 aromatic rings. The largest absolute Gasteiger partial charge is 0.479 e. The highest BCUT2D eigenvalue weighted by Crippen LogP contribution is 2.28. The summed E-state index contributed by atoms with van der Waals surface area (Å²) in [5, 5.41) is 0. The molecule has 6 heteroatoms. The summed E-state index contributed by atoms with van der Waals surface area (Å²) < 4.78 is 43.3. The molecule has 0 saturated carbocycles. The molecule has 2 N–H and O–H groups in total. The summed E-state index contributed by atoms with van der Waals surface area (Å²) in [7, 11) is 0. The van der Waals surface area contributed by atoms with Crippen LogP contribution >= 0.6 is 11.8 Å². The molecule has 0 bridgehead atoms. The van der Waals surface area contributed by atoms with Crippen molar-refractivity contribution in [2.75, 3.05) is 6.26 Å². The molecule has 1 rings (SSSR count). The van der Waals surface area contributed by atoms with Crippen molar-refractivity contribution in [1.29, 1.82) is 0 Å². The molecular weight excluding hydrogens is 263 g/mol. The maximum atomic E-state index is 12.8. The van der Waals surface area contributed by atoms with E-state index in [1.807, 2.05) is 6.26 Å². The summed E-state index contributed by atoms with van der Waals surface area (Å²) in [5.74, 6) is 0.180. The maximum absolute atomic E-state index is 12.8. The van der Waals surface area contributed by atoms with Crippen LogP contribution in [0.5, 0.6) is 5.75 Å². The van der Waals surface area contributed by atoms with Gasteiger partial charge in [0, 0.05) is 4.90 Å². The van der Waals surface area contributed by atoms with Crippen LogP contribution in [0.3, 0.4) is 0 Å². The normalized spacial score (nSPS) is 15.2. The lowest BCUT2D eigenvalue weighted by atomic mass is 10.1. The van der Waals surface area contributed by atoms with Gasteiger partial charge in [0.15, 0.2) is 0 Å². The number of benzene rings is 1. The summed E-state index contributed by atoms with van der Waals surface area (Å²) in [5.41, 5.74) is 5.46. The highest BCUT2D eigenvalue weighted by atomic mass is 32.2. The van der Waals surface area contributed by atoms with Crippen LogP contribution < -0.4 is 10.5 Å². The summed E-state index contributed by atoms with van der Waals surface area (Å²) in [6.45, 7) is 1.60. The lowest BCUT2D eigenvalue weighted by Gasteiger charge is -2.26. The van der Waals surface area contributed by atoms with E-state index in [2.05, 4.69) is 0 Å². The van der Waals surface area contributed by atoms with Gasteiger partial charge in [-0.15, -0.1) is 11.8 Å². The van der Waals surface area contributed by atoms with E-state index in [0.29, 0.717) is 0 Å². The minimum absolute atomic E-state index is 0.180. The number of rotatable bonds is 5. The molecule has 0 aliphatic carbocycles. The lowest BCUT2D eigenvalue weighted by molar-refractivity contribution is -0.200. The number of alkyl halides is 3. The third kappa shape index (κ3) is 4.10. The Bertz CT molecular complexity index is 367. The van der Waals surface area contributed by atoms with Gasteiger partial charge in [0.25, 0.3) is 0 Å². The van der Waals surface area contributed by atoms with Crippen LogP contribution in [0, 0.1) is 0 Å². The molecule has 0 aliphatic rings. The van der Waals surface area contributed by atoms with Crippen molar-refractivity contribution >= 4 is 11.8 Å². The van der Waals surface area contributed by atoms with E-state index in [4.69, 9.17) is 10.5 Å². The van der Waals surface area contributed by atoms with Gasteiger partial charge in [-0.1, -0.05) is 6.92 Å². The van der Waals surface area contributed by atoms with Crippen LogP contribution in [0.2, 0.25) is 0 Å². The van der Waals surface area contributed by atoms with Gasteiger partial charge in [0.1, 0.15) is 5.75 Å². The van der Waals surface area contributed by atoms with E-state index in [-0.39, 0.29) is 12.2 Å². The lowest BCUT2D eigenvalue weighted by Crippen LogP contribution is -2.48. The topological polar surface area (TPSA) is 35.2 Å². The van der Waals surface area contributed by atoms with Crippen molar-refractivity contribution in [3.8, 4) is 5.75 Å². The molecule has 2 nitrogen and oxygen atoms in total. The van der Waals surface area contributed by atoms with Crippen molar-refractivity contribution in [3.63, 3.8) is 0 Å². The zero-order valence-corrected chi connectivity index (χ0v) is 11.0. The number of hydrogen-bond acceptors (Lipinski definition) is 3. The molecule has 0 aliphatic heterocycles. The second-order valence-electron chi connectivity index (χ2n) is 3.83. The predicted molar refractivity (Wildman–Crippen MR) is 67.0 cm³/mol. The fourth-order valence-corrected chi connectivity index (χ4v) is 1.82. The molecule has 102 valence electrons. The van der Waals surface area contributed by atoms with E-state index in [1.54, 1.807) is 19.1 Å². The Labute approximate surface area is 109 Å². The minimum atomic E-state index is -4.46. The second-order valence-corrected chi connectivity index (χ2v) is 4.71. The summed E-state index contributed by atoms with van der Waals surface area (Å²) in [4.78, 5) is 0.964. The summed E-state index contributed by atoms with van der Waals surface area (Å²) >= 11 is 1.51. The molecule has 1 aromatic carbocycles. The average Bonchev–Trinajstić information content (AvgIpc) is 2.34. The number of thioether (sulfide) groups is 1. The van der Waals surface area contributed by atoms with Gasteiger partial charge < -0.3 is 10.5 Å². The molecule has 2 unspecified atom stereocenters. The van der Waals surface area contributed by atoms with Gasteiger partial charge >= 0.3 is 6.18 Å². The van der Waals surface area contributed by atoms with Crippen LogP contribution in [0.4, 0.5) is 13.2 Å². The number of nitrogens with two attached hydrogens (primary N) is 1. The van der Waals surface area contributed by atoms with Gasteiger partial charge in [0.05, 0.1) is 6.04 Å². The maximum Gasteiger partial charge on any atom is 0.426 e. The van der Waals surface area contributed by atoms with Gasteiger partial charge in [-0.2, -0.15) is 13.2 Å². The Morgan fingerprint density at radius 1 is 1.28 bits per heavy atom. The molecule has 0 heterocycles. The number of halogens is 3. The molecule has 18 heavy (non-hydrogen) atoms. The van der Waals surface area contributed by atoms with Gasteiger partial charge in [-0.25, -0.2) is 0 Å². The Morgan fingerprint density at radius 2 is 1.83 bits per heavy atom. The van der Waals surface area contributed by atoms with Crippen molar-refractivity contribution in [2.24, 2.45) is 5.73 Å².